The SMILES string of the molecule is CC(C)(C[O-])[C@@H](OC(=O)c1cccnc1)C(=O)NCCC(=O)OCC[N+](C)(C)C. The number of quaternary nitrogens is 1. The molecule has 0 aromatic carbocycles. The summed E-state index contributed by atoms with van der Waals surface area (Å²) in [5.74, 6) is -1.83. The van der Waals surface area contributed by atoms with Gasteiger partial charge in [0, 0.05) is 18.9 Å². The molecule has 1 N–H and O–H groups in total. The molecule has 0 saturated carbocycles. The highest BCUT2D eigenvalue weighted by molar-refractivity contribution is 5.92. The van der Waals surface area contributed by atoms with Crippen molar-refractivity contribution in [2.45, 2.75) is 26.4 Å². The van der Waals surface area contributed by atoms with E-state index in [1.54, 1.807) is 19.9 Å². The summed E-state index contributed by atoms with van der Waals surface area (Å²) in [7, 11) is 5.95. The molecule has 1 atom stereocenters. The summed E-state index contributed by atoms with van der Waals surface area (Å²) >= 11 is 0. The normalized spacial score (nSPS) is 12.8. The fourth-order valence-corrected chi connectivity index (χ4v) is 2.19. The molecule has 0 spiro atoms. The van der Waals surface area contributed by atoms with Gasteiger partial charge in [-0.2, -0.15) is 0 Å². The van der Waals surface area contributed by atoms with Gasteiger partial charge in [-0.15, -0.1) is 6.61 Å². The van der Waals surface area contributed by atoms with Gasteiger partial charge in [-0.1, -0.05) is 13.8 Å². The Morgan fingerprint density at radius 3 is 2.52 bits per heavy atom. The second-order valence-electron chi connectivity index (χ2n) is 8.44. The van der Waals surface area contributed by atoms with E-state index in [4.69, 9.17) is 9.47 Å². The minimum atomic E-state index is -1.30. The Labute approximate surface area is 171 Å². The van der Waals surface area contributed by atoms with Crippen molar-refractivity contribution in [1.29, 1.82) is 0 Å². The second kappa shape index (κ2) is 10.9. The van der Waals surface area contributed by atoms with E-state index < -0.39 is 36.0 Å². The molecule has 0 radical (unpaired) electrons. The van der Waals surface area contributed by atoms with E-state index in [2.05, 4.69) is 10.3 Å². The third kappa shape index (κ3) is 9.01. The molecule has 29 heavy (non-hydrogen) atoms. The Bertz CT molecular complexity index is 685. The van der Waals surface area contributed by atoms with Crippen molar-refractivity contribution in [2.24, 2.45) is 5.41 Å². The molecule has 0 bridgehead atoms. The van der Waals surface area contributed by atoms with E-state index in [0.717, 1.165) is 0 Å². The number of pyridine rings is 1. The van der Waals surface area contributed by atoms with Crippen LogP contribution in [0, 0.1) is 5.41 Å². The maximum absolute atomic E-state index is 12.5. The molecule has 1 amide bonds. The van der Waals surface area contributed by atoms with Gasteiger partial charge in [-0.25, -0.2) is 4.79 Å². The number of carbonyl (C=O) groups excluding carboxylic acids is 3. The Balaban J connectivity index is 2.60. The van der Waals surface area contributed by atoms with Gasteiger partial charge in [0.15, 0.2) is 6.10 Å². The highest BCUT2D eigenvalue weighted by Crippen LogP contribution is 2.23. The van der Waals surface area contributed by atoms with Crippen molar-refractivity contribution in [3.05, 3.63) is 30.1 Å². The minimum Gasteiger partial charge on any atom is -0.854 e. The van der Waals surface area contributed by atoms with Crippen LogP contribution in [0.15, 0.2) is 24.5 Å². The summed E-state index contributed by atoms with van der Waals surface area (Å²) in [5.41, 5.74) is -0.958. The number of ether oxygens (including phenoxy) is 2. The molecule has 1 aromatic rings. The Hall–Kier alpha value is -2.52. The summed E-state index contributed by atoms with van der Waals surface area (Å²) in [6, 6.07) is 3.06. The quantitative estimate of drug-likeness (QED) is 0.395. The molecule has 0 aliphatic heterocycles. The zero-order chi connectivity index (χ0) is 22.1. The monoisotopic (exact) mass is 409 g/mol. The third-order valence-electron chi connectivity index (χ3n) is 4.10. The standard InChI is InChI=1S/C20H31N3O6/c1-20(2,14-24)17(29-19(27)15-7-6-9-21-13-15)18(26)22-10-8-16(25)28-12-11-23(3,4)5/h6-7,9,13,17H,8,10-12,14H2,1-5H3,(H,22,26)/t17-/m0/s1. The van der Waals surface area contributed by atoms with E-state index in [0.29, 0.717) is 11.0 Å². The van der Waals surface area contributed by atoms with Crippen LogP contribution in [0.5, 0.6) is 0 Å². The largest absolute Gasteiger partial charge is 0.854 e. The maximum Gasteiger partial charge on any atom is 0.340 e. The molecule has 0 saturated heterocycles. The summed E-state index contributed by atoms with van der Waals surface area (Å²) < 4.78 is 11.1. The summed E-state index contributed by atoms with van der Waals surface area (Å²) in [4.78, 5) is 40.4. The fraction of sp³-hybridized carbons (Fsp3) is 0.600. The molecule has 0 unspecified atom stereocenters. The lowest BCUT2D eigenvalue weighted by atomic mass is 9.86. The van der Waals surface area contributed by atoms with Crippen molar-refractivity contribution in [2.75, 3.05) is 47.4 Å². The molecule has 0 aliphatic carbocycles. The van der Waals surface area contributed by atoms with Crippen molar-refractivity contribution < 1.29 is 33.4 Å². The van der Waals surface area contributed by atoms with Crippen molar-refractivity contribution in [3.8, 4) is 0 Å². The van der Waals surface area contributed by atoms with Crippen LogP contribution in [0.2, 0.25) is 0 Å². The van der Waals surface area contributed by atoms with Gasteiger partial charge in [0.05, 0.1) is 33.1 Å². The van der Waals surface area contributed by atoms with E-state index in [1.807, 2.05) is 21.1 Å². The van der Waals surface area contributed by atoms with Crippen LogP contribution in [-0.4, -0.2) is 80.9 Å². The number of hydrogen-bond acceptors (Lipinski definition) is 7. The van der Waals surface area contributed by atoms with Crippen molar-refractivity contribution >= 4 is 17.8 Å². The highest BCUT2D eigenvalue weighted by Gasteiger charge is 2.36. The number of nitrogens with one attached hydrogen (secondary N) is 1. The maximum atomic E-state index is 12.5. The number of nitrogens with zero attached hydrogens (tertiary/aromatic N) is 2. The molecule has 162 valence electrons. The minimum absolute atomic E-state index is 0.0118. The van der Waals surface area contributed by atoms with Gasteiger partial charge >= 0.3 is 11.9 Å². The smallest absolute Gasteiger partial charge is 0.340 e. The third-order valence-corrected chi connectivity index (χ3v) is 4.10. The van der Waals surface area contributed by atoms with Gasteiger partial charge in [0.1, 0.15) is 13.2 Å². The number of hydrogen-bond donors (Lipinski definition) is 1. The molecule has 1 heterocycles. The average molecular weight is 409 g/mol. The Morgan fingerprint density at radius 2 is 1.97 bits per heavy atom. The topological polar surface area (TPSA) is 118 Å². The van der Waals surface area contributed by atoms with Gasteiger partial charge < -0.3 is 24.4 Å². The predicted molar refractivity (Wildman–Crippen MR) is 104 cm³/mol. The predicted octanol–water partition coefficient (Wildman–Crippen LogP) is -0.251. The number of esters is 2. The van der Waals surface area contributed by atoms with Crippen LogP contribution < -0.4 is 10.4 Å². The van der Waals surface area contributed by atoms with Gasteiger partial charge in [-0.3, -0.25) is 14.6 Å². The molecule has 1 rings (SSSR count). The van der Waals surface area contributed by atoms with Gasteiger partial charge in [0.25, 0.3) is 5.91 Å². The Morgan fingerprint density at radius 1 is 1.28 bits per heavy atom. The van der Waals surface area contributed by atoms with Crippen LogP contribution in [0.25, 0.3) is 0 Å². The first kappa shape index (κ1) is 24.5. The molecule has 1 aromatic heterocycles. The lowest BCUT2D eigenvalue weighted by Crippen LogP contribution is -2.50. The zero-order valence-electron chi connectivity index (χ0n) is 17.8. The van der Waals surface area contributed by atoms with Gasteiger partial charge in [-0.05, 0) is 17.5 Å². The first-order valence-corrected chi connectivity index (χ1v) is 9.39. The molecule has 9 heteroatoms. The number of amides is 1. The summed E-state index contributed by atoms with van der Waals surface area (Å²) in [5, 5.41) is 14.1. The van der Waals surface area contributed by atoms with Crippen LogP contribution in [0.1, 0.15) is 30.6 Å². The fourth-order valence-electron chi connectivity index (χ4n) is 2.19. The first-order chi connectivity index (χ1) is 13.5. The molecule has 9 nitrogen and oxygen atoms in total. The van der Waals surface area contributed by atoms with Crippen molar-refractivity contribution in [3.63, 3.8) is 0 Å². The number of rotatable bonds is 11. The van der Waals surface area contributed by atoms with E-state index >= 15 is 0 Å². The number of carbonyl (C=O) groups is 3. The highest BCUT2D eigenvalue weighted by atomic mass is 16.6. The van der Waals surface area contributed by atoms with Crippen LogP contribution in [0.4, 0.5) is 0 Å². The van der Waals surface area contributed by atoms with E-state index in [9.17, 15) is 19.5 Å². The average Bonchev–Trinajstić information content (AvgIpc) is 2.65. The van der Waals surface area contributed by atoms with Crippen molar-refractivity contribution in [1.82, 2.24) is 10.3 Å². The van der Waals surface area contributed by atoms with Gasteiger partial charge in [0.2, 0.25) is 0 Å². The lowest BCUT2D eigenvalue weighted by Gasteiger charge is -2.35. The first-order valence-electron chi connectivity index (χ1n) is 9.39. The summed E-state index contributed by atoms with van der Waals surface area (Å²) in [6.07, 6.45) is 1.49. The van der Waals surface area contributed by atoms with Crippen LogP contribution >= 0.6 is 0 Å². The molecule has 0 aliphatic rings. The molecular weight excluding hydrogens is 378 g/mol. The van der Waals surface area contributed by atoms with E-state index in [1.165, 1.54) is 18.5 Å². The van der Waals surface area contributed by atoms with Crippen LogP contribution in [0.3, 0.4) is 0 Å². The molecular formula is C20H31N3O6. The Kier molecular flexibility index (Phi) is 9.19. The van der Waals surface area contributed by atoms with Crippen LogP contribution in [-0.2, 0) is 19.1 Å². The number of aromatic nitrogens is 1. The zero-order valence-corrected chi connectivity index (χ0v) is 17.8. The van der Waals surface area contributed by atoms with E-state index in [-0.39, 0.29) is 25.1 Å². The second-order valence-corrected chi connectivity index (χ2v) is 8.44. The number of likely N-dealkylation sites (N-methyl/N-ethyl adjacent to an activating group) is 1. The lowest BCUT2D eigenvalue weighted by molar-refractivity contribution is -0.870. The summed E-state index contributed by atoms with van der Waals surface area (Å²) in [6.45, 7) is 3.42. The molecule has 0 fully saturated rings.